The third-order valence-corrected chi connectivity index (χ3v) is 3.99. The standard InChI is InChI=1S/C13H5BrN4O7/c14-5-1-7-11(9(2-5)17(22)23)15-12-8(13(7)19)3-6(16(20)21)4-10(12)18(24)25/h1-4H,(H,15,19). The fourth-order valence-corrected chi connectivity index (χ4v) is 2.93. The summed E-state index contributed by atoms with van der Waals surface area (Å²) in [6.45, 7) is 0. The molecule has 0 atom stereocenters. The van der Waals surface area contributed by atoms with E-state index in [4.69, 9.17) is 0 Å². The average Bonchev–Trinajstić information content (AvgIpc) is 2.54. The number of halogens is 1. The summed E-state index contributed by atoms with van der Waals surface area (Å²) in [5.41, 5.74) is -3.13. The summed E-state index contributed by atoms with van der Waals surface area (Å²) >= 11 is 3.05. The van der Waals surface area contributed by atoms with Crippen LogP contribution in [0.25, 0.3) is 21.8 Å². The van der Waals surface area contributed by atoms with Crippen LogP contribution in [0.2, 0.25) is 0 Å². The molecule has 0 aliphatic carbocycles. The smallest absolute Gasteiger partial charge is 0.300 e. The summed E-state index contributed by atoms with van der Waals surface area (Å²) in [5, 5.41) is 33.0. The van der Waals surface area contributed by atoms with Crippen LogP contribution >= 0.6 is 15.9 Å². The van der Waals surface area contributed by atoms with Crippen LogP contribution in [0.15, 0.2) is 33.5 Å². The highest BCUT2D eigenvalue weighted by Crippen LogP contribution is 2.33. The van der Waals surface area contributed by atoms with E-state index in [0.29, 0.717) is 6.07 Å². The molecule has 0 saturated heterocycles. The van der Waals surface area contributed by atoms with E-state index in [0.717, 1.165) is 12.1 Å². The largest absolute Gasteiger partial charge is 0.343 e. The highest BCUT2D eigenvalue weighted by Gasteiger charge is 2.25. The molecule has 0 fully saturated rings. The lowest BCUT2D eigenvalue weighted by atomic mass is 10.1. The number of benzene rings is 2. The number of nitrogens with zero attached hydrogens (tertiary/aromatic N) is 3. The quantitative estimate of drug-likeness (QED) is 0.394. The number of pyridine rings is 1. The predicted molar refractivity (Wildman–Crippen MR) is 89.7 cm³/mol. The summed E-state index contributed by atoms with van der Waals surface area (Å²) in [4.78, 5) is 46.1. The van der Waals surface area contributed by atoms with Gasteiger partial charge in [-0.3, -0.25) is 35.1 Å². The van der Waals surface area contributed by atoms with Gasteiger partial charge < -0.3 is 4.98 Å². The number of fused-ring (bicyclic) bond motifs is 2. The van der Waals surface area contributed by atoms with Gasteiger partial charge in [-0.05, 0) is 6.07 Å². The fraction of sp³-hybridized carbons (Fsp3) is 0. The van der Waals surface area contributed by atoms with E-state index in [-0.39, 0.29) is 26.3 Å². The maximum Gasteiger partial charge on any atom is 0.300 e. The summed E-state index contributed by atoms with van der Waals surface area (Å²) < 4.78 is 0.247. The van der Waals surface area contributed by atoms with Gasteiger partial charge in [0.25, 0.3) is 17.1 Å². The lowest BCUT2D eigenvalue weighted by Crippen LogP contribution is -2.08. The second-order valence-electron chi connectivity index (χ2n) is 4.96. The molecule has 12 heteroatoms. The Labute approximate surface area is 144 Å². The first kappa shape index (κ1) is 16.4. The van der Waals surface area contributed by atoms with E-state index < -0.39 is 37.3 Å². The molecular formula is C13H5BrN4O7. The lowest BCUT2D eigenvalue weighted by Gasteiger charge is -2.05. The fourth-order valence-electron chi connectivity index (χ4n) is 2.49. The minimum absolute atomic E-state index is 0.122. The zero-order chi connectivity index (χ0) is 18.5. The van der Waals surface area contributed by atoms with Crippen molar-refractivity contribution in [1.82, 2.24) is 4.98 Å². The lowest BCUT2D eigenvalue weighted by molar-refractivity contribution is -0.393. The monoisotopic (exact) mass is 408 g/mol. The minimum atomic E-state index is -0.901. The van der Waals surface area contributed by atoms with E-state index >= 15 is 0 Å². The molecule has 0 bridgehead atoms. The average molecular weight is 409 g/mol. The Morgan fingerprint density at radius 3 is 1.84 bits per heavy atom. The van der Waals surface area contributed by atoms with Crippen LogP contribution < -0.4 is 5.43 Å². The van der Waals surface area contributed by atoms with Crippen LogP contribution in [-0.4, -0.2) is 19.8 Å². The summed E-state index contributed by atoms with van der Waals surface area (Å²) in [6, 6.07) is 4.02. The first-order chi connectivity index (χ1) is 11.7. The molecule has 0 radical (unpaired) electrons. The first-order valence-corrected chi connectivity index (χ1v) is 7.26. The summed E-state index contributed by atoms with van der Waals surface area (Å²) in [6.07, 6.45) is 0. The summed E-state index contributed by atoms with van der Waals surface area (Å²) in [5.74, 6) is 0. The molecular weight excluding hydrogens is 404 g/mol. The van der Waals surface area contributed by atoms with Crippen molar-refractivity contribution >= 4 is 54.8 Å². The molecule has 1 N–H and O–H groups in total. The van der Waals surface area contributed by atoms with E-state index in [1.165, 1.54) is 6.07 Å². The molecule has 3 rings (SSSR count). The molecule has 3 aromatic rings. The molecule has 0 amide bonds. The summed E-state index contributed by atoms with van der Waals surface area (Å²) in [7, 11) is 0. The van der Waals surface area contributed by atoms with Gasteiger partial charge >= 0.3 is 0 Å². The van der Waals surface area contributed by atoms with Crippen molar-refractivity contribution in [1.29, 1.82) is 0 Å². The molecule has 1 aromatic heterocycles. The Kier molecular flexibility index (Phi) is 3.68. The van der Waals surface area contributed by atoms with E-state index in [9.17, 15) is 35.1 Å². The zero-order valence-electron chi connectivity index (χ0n) is 11.9. The minimum Gasteiger partial charge on any atom is -0.343 e. The number of non-ortho nitro benzene ring substituents is 3. The molecule has 0 spiro atoms. The molecule has 0 saturated carbocycles. The van der Waals surface area contributed by atoms with Crippen LogP contribution in [0.3, 0.4) is 0 Å². The van der Waals surface area contributed by atoms with Crippen LogP contribution in [-0.2, 0) is 0 Å². The zero-order valence-corrected chi connectivity index (χ0v) is 13.5. The van der Waals surface area contributed by atoms with Crippen LogP contribution in [0.4, 0.5) is 17.1 Å². The van der Waals surface area contributed by atoms with Crippen molar-refractivity contribution in [2.24, 2.45) is 0 Å². The van der Waals surface area contributed by atoms with Crippen molar-refractivity contribution in [3.63, 3.8) is 0 Å². The van der Waals surface area contributed by atoms with Crippen molar-refractivity contribution in [3.8, 4) is 0 Å². The van der Waals surface area contributed by atoms with Gasteiger partial charge in [0.15, 0.2) is 5.43 Å². The van der Waals surface area contributed by atoms with Crippen molar-refractivity contribution in [3.05, 3.63) is 69.3 Å². The topological polar surface area (TPSA) is 162 Å². The second kappa shape index (κ2) is 5.59. The normalized spacial score (nSPS) is 10.9. The van der Waals surface area contributed by atoms with Crippen molar-refractivity contribution < 1.29 is 14.8 Å². The van der Waals surface area contributed by atoms with Crippen LogP contribution in [0.1, 0.15) is 0 Å². The Bertz CT molecular complexity index is 1170. The first-order valence-electron chi connectivity index (χ1n) is 6.47. The van der Waals surface area contributed by atoms with Crippen LogP contribution in [0.5, 0.6) is 0 Å². The number of aromatic amines is 1. The number of H-pyrrole nitrogens is 1. The molecule has 11 nitrogen and oxygen atoms in total. The molecule has 0 aliphatic heterocycles. The van der Waals surface area contributed by atoms with Crippen molar-refractivity contribution in [2.75, 3.05) is 0 Å². The van der Waals surface area contributed by atoms with Crippen LogP contribution in [0, 0.1) is 30.3 Å². The second-order valence-corrected chi connectivity index (χ2v) is 5.88. The maximum atomic E-state index is 12.7. The molecule has 25 heavy (non-hydrogen) atoms. The molecule has 1 heterocycles. The Morgan fingerprint density at radius 2 is 1.32 bits per heavy atom. The van der Waals surface area contributed by atoms with Crippen molar-refractivity contribution in [2.45, 2.75) is 0 Å². The highest BCUT2D eigenvalue weighted by molar-refractivity contribution is 9.10. The Hall–Kier alpha value is -3.41. The van der Waals surface area contributed by atoms with E-state index in [2.05, 4.69) is 20.9 Å². The molecule has 0 unspecified atom stereocenters. The van der Waals surface area contributed by atoms with Gasteiger partial charge in [0, 0.05) is 16.6 Å². The highest BCUT2D eigenvalue weighted by atomic mass is 79.9. The van der Waals surface area contributed by atoms with Gasteiger partial charge in [-0.2, -0.15) is 0 Å². The number of nitro benzene ring substituents is 3. The number of aromatic nitrogens is 1. The van der Waals surface area contributed by atoms with Gasteiger partial charge in [0.05, 0.1) is 31.6 Å². The number of nitrogens with one attached hydrogen (secondary N) is 1. The van der Waals surface area contributed by atoms with E-state index in [1.54, 1.807) is 0 Å². The molecule has 126 valence electrons. The Balaban J connectivity index is 2.62. The van der Waals surface area contributed by atoms with Gasteiger partial charge in [-0.25, -0.2) is 0 Å². The number of hydrogen-bond donors (Lipinski definition) is 1. The SMILES string of the molecule is O=c1c2cc(Br)cc([N+](=O)[O-])c2[nH]c2c([N+](=O)[O-])cc([N+](=O)[O-])cc12. The predicted octanol–water partition coefficient (Wildman–Crippen LogP) is 3.17. The molecule has 0 aliphatic rings. The third kappa shape index (κ3) is 2.57. The number of nitro groups is 3. The number of hydrogen-bond acceptors (Lipinski definition) is 7. The maximum absolute atomic E-state index is 12.7. The van der Waals surface area contributed by atoms with E-state index in [1.807, 2.05) is 0 Å². The van der Waals surface area contributed by atoms with Gasteiger partial charge in [-0.15, -0.1) is 0 Å². The number of rotatable bonds is 3. The van der Waals surface area contributed by atoms with Gasteiger partial charge in [0.1, 0.15) is 11.0 Å². The molecule has 2 aromatic carbocycles. The Morgan fingerprint density at radius 1 is 0.800 bits per heavy atom. The van der Waals surface area contributed by atoms with Gasteiger partial charge in [-0.1, -0.05) is 15.9 Å². The third-order valence-electron chi connectivity index (χ3n) is 3.53. The van der Waals surface area contributed by atoms with Gasteiger partial charge in [0.2, 0.25) is 0 Å².